The third-order valence-corrected chi connectivity index (χ3v) is 3.74. The molecule has 1 N–H and O–H groups in total. The lowest BCUT2D eigenvalue weighted by Gasteiger charge is -1.97. The van der Waals surface area contributed by atoms with Crippen molar-refractivity contribution < 1.29 is 0 Å². The minimum absolute atomic E-state index is 0.473. The van der Waals surface area contributed by atoms with Gasteiger partial charge < -0.3 is 0 Å². The van der Waals surface area contributed by atoms with Crippen LogP contribution in [0.1, 0.15) is 4.88 Å². The van der Waals surface area contributed by atoms with Gasteiger partial charge in [0, 0.05) is 9.35 Å². The fraction of sp³-hybridized carbons (Fsp3) is 0.167. The third kappa shape index (κ3) is 1.87. The van der Waals surface area contributed by atoms with Crippen molar-refractivity contribution in [3.8, 4) is 0 Å². The topological polar surface area (TPSA) is 46.5 Å². The molecule has 0 saturated carbocycles. The van der Waals surface area contributed by atoms with E-state index in [1.165, 1.54) is 4.88 Å². The summed E-state index contributed by atoms with van der Waals surface area (Å²) in [4.78, 5) is 1.20. The summed E-state index contributed by atoms with van der Waals surface area (Å²) in [5.41, 5.74) is 0. The van der Waals surface area contributed by atoms with Gasteiger partial charge in [-0.15, -0.1) is 11.3 Å². The van der Waals surface area contributed by atoms with Crippen LogP contribution in [0, 0.1) is 4.77 Å². The lowest BCUT2D eigenvalue weighted by atomic mass is 10.5. The Balaban J connectivity index is 2.29. The summed E-state index contributed by atoms with van der Waals surface area (Å²) >= 11 is 10.1. The summed E-state index contributed by atoms with van der Waals surface area (Å²) in [7, 11) is 0. The van der Waals surface area contributed by atoms with Crippen LogP contribution in [0.15, 0.2) is 15.9 Å². The van der Waals surface area contributed by atoms with E-state index in [0.717, 1.165) is 4.47 Å². The van der Waals surface area contributed by atoms with Crippen molar-refractivity contribution in [2.24, 2.45) is 0 Å². The Morgan fingerprint density at radius 1 is 1.69 bits per heavy atom. The number of nitrogens with one attached hydrogen (secondary N) is 1. The van der Waals surface area contributed by atoms with Crippen molar-refractivity contribution in [1.29, 1.82) is 0 Å². The highest BCUT2D eigenvalue weighted by Gasteiger charge is 2.03. The molecule has 7 heteroatoms. The first-order valence-electron chi connectivity index (χ1n) is 3.47. The normalized spacial score (nSPS) is 10.5. The zero-order chi connectivity index (χ0) is 9.26. The number of thiophene rings is 1. The van der Waals surface area contributed by atoms with E-state index in [9.17, 15) is 0 Å². The Bertz CT molecular complexity index is 457. The molecule has 0 saturated heterocycles. The maximum atomic E-state index is 4.95. The van der Waals surface area contributed by atoms with Gasteiger partial charge in [-0.1, -0.05) is 10.3 Å². The van der Waals surface area contributed by atoms with Crippen LogP contribution in [0.2, 0.25) is 0 Å². The van der Waals surface area contributed by atoms with Gasteiger partial charge in [-0.3, -0.25) is 0 Å². The fourth-order valence-electron chi connectivity index (χ4n) is 0.900. The lowest BCUT2D eigenvalue weighted by Crippen LogP contribution is -2.00. The van der Waals surface area contributed by atoms with Crippen LogP contribution in [-0.4, -0.2) is 20.2 Å². The number of aromatic amines is 1. The summed E-state index contributed by atoms with van der Waals surface area (Å²) < 4.78 is 3.28. The SMILES string of the molecule is S=c1nn[nH]n1Cc1sccc1Br. The molecule has 2 heterocycles. The van der Waals surface area contributed by atoms with E-state index >= 15 is 0 Å². The van der Waals surface area contributed by atoms with E-state index in [0.29, 0.717) is 11.3 Å². The Labute approximate surface area is 91.7 Å². The maximum Gasteiger partial charge on any atom is 0.238 e. The largest absolute Gasteiger partial charge is 0.238 e. The molecule has 0 aliphatic heterocycles. The summed E-state index contributed by atoms with van der Waals surface area (Å²) in [5, 5.41) is 12.0. The predicted octanol–water partition coefficient (Wildman–Crippen LogP) is 2.21. The second-order valence-electron chi connectivity index (χ2n) is 2.36. The number of hydrogen-bond acceptors (Lipinski definition) is 4. The van der Waals surface area contributed by atoms with Gasteiger partial charge in [0.25, 0.3) is 0 Å². The van der Waals surface area contributed by atoms with Crippen molar-refractivity contribution >= 4 is 39.5 Å². The Morgan fingerprint density at radius 3 is 3.08 bits per heavy atom. The molecule has 0 spiro atoms. The quantitative estimate of drug-likeness (QED) is 0.856. The first-order valence-corrected chi connectivity index (χ1v) is 5.55. The number of H-pyrrole nitrogens is 1. The van der Waals surface area contributed by atoms with E-state index in [-0.39, 0.29) is 0 Å². The van der Waals surface area contributed by atoms with Crippen LogP contribution in [-0.2, 0) is 6.54 Å². The van der Waals surface area contributed by atoms with Crippen molar-refractivity contribution in [2.45, 2.75) is 6.54 Å². The van der Waals surface area contributed by atoms with Crippen molar-refractivity contribution in [3.63, 3.8) is 0 Å². The molecule has 2 rings (SSSR count). The molecule has 2 aromatic heterocycles. The number of tetrazole rings is 1. The molecule has 2 aromatic rings. The molecule has 0 bridgehead atoms. The zero-order valence-electron chi connectivity index (χ0n) is 6.40. The zero-order valence-corrected chi connectivity index (χ0v) is 9.62. The van der Waals surface area contributed by atoms with Crippen LogP contribution < -0.4 is 0 Å². The van der Waals surface area contributed by atoms with Crippen molar-refractivity contribution in [2.75, 3.05) is 0 Å². The molecular weight excluding hydrogens is 272 g/mol. The van der Waals surface area contributed by atoms with E-state index in [2.05, 4.69) is 31.5 Å². The number of rotatable bonds is 2. The number of halogens is 1. The van der Waals surface area contributed by atoms with E-state index in [4.69, 9.17) is 12.2 Å². The van der Waals surface area contributed by atoms with Gasteiger partial charge in [0.2, 0.25) is 4.77 Å². The van der Waals surface area contributed by atoms with Gasteiger partial charge >= 0.3 is 0 Å². The summed E-state index contributed by atoms with van der Waals surface area (Å²) in [6.07, 6.45) is 0. The lowest BCUT2D eigenvalue weighted by molar-refractivity contribution is 0.647. The Kier molecular flexibility index (Phi) is 2.56. The molecule has 0 aliphatic carbocycles. The van der Waals surface area contributed by atoms with Gasteiger partial charge in [-0.05, 0) is 39.6 Å². The number of nitrogens with zero attached hydrogens (tertiary/aromatic N) is 3. The van der Waals surface area contributed by atoms with Gasteiger partial charge in [-0.25, -0.2) is 4.68 Å². The van der Waals surface area contributed by atoms with E-state index in [1.54, 1.807) is 16.0 Å². The van der Waals surface area contributed by atoms with Crippen molar-refractivity contribution in [3.05, 3.63) is 25.6 Å². The van der Waals surface area contributed by atoms with Crippen LogP contribution in [0.4, 0.5) is 0 Å². The van der Waals surface area contributed by atoms with E-state index in [1.807, 2.05) is 11.4 Å². The molecule has 68 valence electrons. The predicted molar refractivity (Wildman–Crippen MR) is 56.3 cm³/mol. The highest BCUT2D eigenvalue weighted by molar-refractivity contribution is 9.10. The Morgan fingerprint density at radius 2 is 2.54 bits per heavy atom. The van der Waals surface area contributed by atoms with Crippen LogP contribution in [0.5, 0.6) is 0 Å². The van der Waals surface area contributed by atoms with Gasteiger partial charge in [0.15, 0.2) is 0 Å². The van der Waals surface area contributed by atoms with Gasteiger partial charge in [0.1, 0.15) is 0 Å². The number of hydrogen-bond donors (Lipinski definition) is 1. The molecule has 0 aromatic carbocycles. The summed E-state index contributed by atoms with van der Waals surface area (Å²) in [6.45, 7) is 0.685. The average Bonchev–Trinajstić information content (AvgIpc) is 2.65. The molecule has 0 unspecified atom stereocenters. The average molecular weight is 277 g/mol. The molecule has 4 nitrogen and oxygen atoms in total. The van der Waals surface area contributed by atoms with Gasteiger partial charge in [-0.2, -0.15) is 5.21 Å². The van der Waals surface area contributed by atoms with Crippen LogP contribution >= 0.6 is 39.5 Å². The molecule has 0 amide bonds. The first-order chi connectivity index (χ1) is 6.27. The fourth-order valence-corrected chi connectivity index (χ4v) is 2.51. The van der Waals surface area contributed by atoms with Crippen molar-refractivity contribution in [1.82, 2.24) is 20.2 Å². The van der Waals surface area contributed by atoms with Crippen LogP contribution in [0.25, 0.3) is 0 Å². The highest BCUT2D eigenvalue weighted by Crippen LogP contribution is 2.22. The monoisotopic (exact) mass is 276 g/mol. The molecule has 0 atom stereocenters. The molecule has 0 fully saturated rings. The summed E-state index contributed by atoms with van der Waals surface area (Å²) in [6, 6.07) is 2.01. The van der Waals surface area contributed by atoms with Gasteiger partial charge in [0.05, 0.1) is 6.54 Å². The summed E-state index contributed by atoms with van der Waals surface area (Å²) in [5.74, 6) is 0. The third-order valence-electron chi connectivity index (χ3n) is 1.52. The molecule has 13 heavy (non-hydrogen) atoms. The second-order valence-corrected chi connectivity index (χ2v) is 4.58. The first kappa shape index (κ1) is 9.04. The minimum atomic E-state index is 0.473. The second kappa shape index (κ2) is 3.69. The molecule has 0 aliphatic rings. The minimum Gasteiger partial charge on any atom is -0.237 e. The maximum absolute atomic E-state index is 4.95. The number of aromatic nitrogens is 4. The molecule has 0 radical (unpaired) electrons. The standard InChI is InChI=1S/C6H5BrN4S2/c7-4-1-2-13-5(4)3-11-6(12)8-9-10-11/h1-2H,3H2,(H,8,10,12). The molecular formula is C6H5BrN4S2. The highest BCUT2D eigenvalue weighted by atomic mass is 79.9. The Hall–Kier alpha value is -0.530. The smallest absolute Gasteiger partial charge is 0.237 e. The van der Waals surface area contributed by atoms with Crippen LogP contribution in [0.3, 0.4) is 0 Å². The van der Waals surface area contributed by atoms with E-state index < -0.39 is 0 Å².